The van der Waals surface area contributed by atoms with Crippen LogP contribution in [-0.2, 0) is 10.3 Å². The zero-order valence-electron chi connectivity index (χ0n) is 18.2. The van der Waals surface area contributed by atoms with Crippen molar-refractivity contribution >= 4 is 16.8 Å². The van der Waals surface area contributed by atoms with E-state index in [-0.39, 0.29) is 12.5 Å². The lowest BCUT2D eigenvalue weighted by molar-refractivity contribution is -0.119. The van der Waals surface area contributed by atoms with Crippen molar-refractivity contribution in [2.45, 2.75) is 26.3 Å². The standard InChI is InChI=1S/C23H25FN6O2/c1-4-32-19-10-15(24)9-18-21(19)22(27-13-26-18)16-7-5-6-8-17(16)23(14(2)3)12-30(29-28-23)11-20(25)31/h5-10,13-14H,4,11-12H2,1-3H3,(H2,25,31). The fourth-order valence-corrected chi connectivity index (χ4v) is 4.16. The fourth-order valence-electron chi connectivity index (χ4n) is 4.16. The van der Waals surface area contributed by atoms with Crippen molar-refractivity contribution in [3.05, 3.63) is 54.1 Å². The predicted octanol–water partition coefficient (Wildman–Crippen LogP) is 3.85. The molecular weight excluding hydrogens is 411 g/mol. The lowest BCUT2D eigenvalue weighted by Crippen LogP contribution is -2.39. The molecule has 1 unspecified atom stereocenters. The van der Waals surface area contributed by atoms with E-state index in [0.29, 0.717) is 35.5 Å². The van der Waals surface area contributed by atoms with Gasteiger partial charge in [-0.15, -0.1) is 0 Å². The predicted molar refractivity (Wildman–Crippen MR) is 118 cm³/mol. The first-order chi connectivity index (χ1) is 15.4. The van der Waals surface area contributed by atoms with E-state index in [1.807, 2.05) is 31.2 Å². The molecule has 0 aliphatic carbocycles. The summed E-state index contributed by atoms with van der Waals surface area (Å²) >= 11 is 0. The maximum atomic E-state index is 14.2. The molecule has 0 bridgehead atoms. The second-order valence-electron chi connectivity index (χ2n) is 8.06. The Hall–Kier alpha value is -3.62. The Bertz CT molecular complexity index is 1200. The minimum absolute atomic E-state index is 0.00958. The van der Waals surface area contributed by atoms with Gasteiger partial charge in [0.15, 0.2) is 0 Å². The third-order valence-electron chi connectivity index (χ3n) is 5.68. The molecule has 0 saturated heterocycles. The Labute approximate surface area is 185 Å². The first-order valence-corrected chi connectivity index (χ1v) is 10.5. The van der Waals surface area contributed by atoms with Crippen LogP contribution in [0.3, 0.4) is 0 Å². The number of aromatic nitrogens is 2. The molecule has 0 radical (unpaired) electrons. The molecule has 166 valence electrons. The van der Waals surface area contributed by atoms with E-state index < -0.39 is 17.3 Å². The molecule has 0 spiro atoms. The number of primary amides is 1. The maximum absolute atomic E-state index is 14.2. The van der Waals surface area contributed by atoms with Gasteiger partial charge in [0.1, 0.15) is 30.0 Å². The molecular formula is C23H25FN6O2. The fraction of sp³-hybridized carbons (Fsp3) is 0.348. The number of hydrogen-bond donors (Lipinski definition) is 1. The van der Waals surface area contributed by atoms with Gasteiger partial charge < -0.3 is 10.5 Å². The lowest BCUT2D eigenvalue weighted by Gasteiger charge is -2.32. The molecule has 2 N–H and O–H groups in total. The summed E-state index contributed by atoms with van der Waals surface area (Å²) in [5, 5.41) is 11.1. The summed E-state index contributed by atoms with van der Waals surface area (Å²) in [5.74, 6) is -0.455. The van der Waals surface area contributed by atoms with Crippen molar-refractivity contribution in [3.8, 4) is 17.0 Å². The van der Waals surface area contributed by atoms with Gasteiger partial charge in [-0.05, 0) is 18.4 Å². The molecule has 2 aromatic carbocycles. The Morgan fingerprint density at radius 2 is 2.06 bits per heavy atom. The average molecular weight is 436 g/mol. The summed E-state index contributed by atoms with van der Waals surface area (Å²) in [5.41, 5.74) is 7.46. The molecule has 0 fully saturated rings. The molecule has 32 heavy (non-hydrogen) atoms. The van der Waals surface area contributed by atoms with Gasteiger partial charge in [0.05, 0.1) is 29.7 Å². The number of amides is 1. The van der Waals surface area contributed by atoms with Crippen molar-refractivity contribution in [3.63, 3.8) is 0 Å². The van der Waals surface area contributed by atoms with Gasteiger partial charge in [0.25, 0.3) is 0 Å². The third-order valence-corrected chi connectivity index (χ3v) is 5.68. The SMILES string of the molecule is CCOc1cc(F)cc2ncnc(-c3ccccc3C3(C(C)C)CN(CC(N)=O)N=N3)c12. The number of nitrogens with zero attached hydrogens (tertiary/aromatic N) is 5. The molecule has 4 rings (SSSR count). The number of fused-ring (bicyclic) bond motifs is 1. The van der Waals surface area contributed by atoms with E-state index in [4.69, 9.17) is 10.5 Å². The minimum atomic E-state index is -0.713. The molecule has 1 amide bonds. The van der Waals surface area contributed by atoms with Crippen molar-refractivity contribution in [1.82, 2.24) is 15.0 Å². The van der Waals surface area contributed by atoms with E-state index >= 15 is 0 Å². The van der Waals surface area contributed by atoms with E-state index in [2.05, 4.69) is 34.2 Å². The van der Waals surface area contributed by atoms with E-state index in [1.165, 1.54) is 18.5 Å². The summed E-state index contributed by atoms with van der Waals surface area (Å²) in [6, 6.07) is 10.5. The van der Waals surface area contributed by atoms with Crippen LogP contribution in [0, 0.1) is 11.7 Å². The van der Waals surface area contributed by atoms with Crippen molar-refractivity contribution in [2.75, 3.05) is 19.7 Å². The number of nitrogens with two attached hydrogens (primary N) is 1. The quantitative estimate of drug-likeness (QED) is 0.605. The van der Waals surface area contributed by atoms with Crippen LogP contribution in [0.15, 0.2) is 53.1 Å². The van der Waals surface area contributed by atoms with Crippen LogP contribution < -0.4 is 10.5 Å². The van der Waals surface area contributed by atoms with Gasteiger partial charge in [-0.25, -0.2) is 14.4 Å². The zero-order chi connectivity index (χ0) is 22.9. The number of ether oxygens (including phenoxy) is 1. The van der Waals surface area contributed by atoms with Gasteiger partial charge in [0, 0.05) is 17.7 Å². The monoisotopic (exact) mass is 436 g/mol. The summed E-state index contributed by atoms with van der Waals surface area (Å²) in [4.78, 5) is 20.3. The van der Waals surface area contributed by atoms with Crippen LogP contribution in [0.25, 0.3) is 22.2 Å². The molecule has 0 saturated carbocycles. The van der Waals surface area contributed by atoms with E-state index in [1.54, 1.807) is 5.01 Å². The Kier molecular flexibility index (Phi) is 5.73. The number of benzene rings is 2. The largest absolute Gasteiger partial charge is 0.493 e. The maximum Gasteiger partial charge on any atom is 0.238 e. The Balaban J connectivity index is 1.93. The summed E-state index contributed by atoms with van der Waals surface area (Å²) in [6.07, 6.45) is 1.42. The average Bonchev–Trinajstić information content (AvgIpc) is 3.17. The molecule has 1 aliphatic heterocycles. The zero-order valence-corrected chi connectivity index (χ0v) is 18.2. The van der Waals surface area contributed by atoms with Gasteiger partial charge in [0.2, 0.25) is 5.91 Å². The second-order valence-corrected chi connectivity index (χ2v) is 8.06. The Morgan fingerprint density at radius 1 is 1.28 bits per heavy atom. The highest BCUT2D eigenvalue weighted by Crippen LogP contribution is 2.45. The van der Waals surface area contributed by atoms with Crippen molar-refractivity contribution in [1.29, 1.82) is 0 Å². The lowest BCUT2D eigenvalue weighted by atomic mass is 9.77. The number of rotatable bonds is 7. The summed E-state index contributed by atoms with van der Waals surface area (Å²) in [7, 11) is 0. The topological polar surface area (TPSA) is 106 Å². The molecule has 1 aromatic heterocycles. The van der Waals surface area contributed by atoms with Crippen molar-refractivity contribution in [2.24, 2.45) is 22.0 Å². The van der Waals surface area contributed by atoms with Crippen LogP contribution in [0.4, 0.5) is 4.39 Å². The van der Waals surface area contributed by atoms with Crippen LogP contribution in [0.1, 0.15) is 26.3 Å². The first kappa shape index (κ1) is 21.6. The number of carbonyl (C=O) groups is 1. The first-order valence-electron chi connectivity index (χ1n) is 10.5. The molecule has 1 atom stereocenters. The van der Waals surface area contributed by atoms with Crippen molar-refractivity contribution < 1.29 is 13.9 Å². The van der Waals surface area contributed by atoms with E-state index in [9.17, 15) is 9.18 Å². The highest BCUT2D eigenvalue weighted by atomic mass is 19.1. The van der Waals surface area contributed by atoms with Gasteiger partial charge in [-0.3, -0.25) is 9.80 Å². The minimum Gasteiger partial charge on any atom is -0.493 e. The van der Waals surface area contributed by atoms with Crippen LogP contribution >= 0.6 is 0 Å². The normalized spacial score (nSPS) is 18.0. The Morgan fingerprint density at radius 3 is 2.78 bits per heavy atom. The summed E-state index contributed by atoms with van der Waals surface area (Å²) < 4.78 is 19.9. The smallest absolute Gasteiger partial charge is 0.238 e. The van der Waals surface area contributed by atoms with E-state index in [0.717, 1.165) is 11.1 Å². The number of hydrogen-bond acceptors (Lipinski definition) is 7. The van der Waals surface area contributed by atoms with Gasteiger partial charge >= 0.3 is 0 Å². The van der Waals surface area contributed by atoms with Crippen LogP contribution in [0.5, 0.6) is 5.75 Å². The highest BCUT2D eigenvalue weighted by molar-refractivity contribution is 5.97. The molecule has 8 nitrogen and oxygen atoms in total. The van der Waals surface area contributed by atoms with Gasteiger partial charge in [-0.1, -0.05) is 43.3 Å². The van der Waals surface area contributed by atoms with Crippen LogP contribution in [-0.4, -0.2) is 40.6 Å². The van der Waals surface area contributed by atoms with Gasteiger partial charge in [-0.2, -0.15) is 5.11 Å². The molecule has 1 aliphatic rings. The molecule has 3 aromatic rings. The third kappa shape index (κ3) is 3.74. The number of halogens is 1. The number of carbonyl (C=O) groups excluding carboxylic acids is 1. The molecule has 9 heteroatoms. The second kappa shape index (κ2) is 8.49. The highest BCUT2D eigenvalue weighted by Gasteiger charge is 2.44. The molecule has 2 heterocycles. The van der Waals surface area contributed by atoms with Crippen LogP contribution in [0.2, 0.25) is 0 Å². The summed E-state index contributed by atoms with van der Waals surface area (Å²) in [6.45, 7) is 6.73.